The molecule has 0 spiro atoms. The lowest BCUT2D eigenvalue weighted by Gasteiger charge is -2.29. The highest BCUT2D eigenvalue weighted by atomic mass is 16.3. The first-order valence-electron chi connectivity index (χ1n) is 6.40. The van der Waals surface area contributed by atoms with Crippen LogP contribution in [0.5, 0.6) is 0 Å². The van der Waals surface area contributed by atoms with Crippen LogP contribution >= 0.6 is 0 Å². The summed E-state index contributed by atoms with van der Waals surface area (Å²) < 4.78 is 0. The van der Waals surface area contributed by atoms with Gasteiger partial charge in [-0.3, -0.25) is 0 Å². The molecular weight excluding hydrogens is 222 g/mol. The molecule has 1 atom stereocenters. The standard InChI is InChI=1S/C16H21NO/c1-12(18)16(2,3)17-11-14-9-6-8-13-7-4-5-10-15(13)14/h4-10,12,17-18H,11H2,1-3H3. The molecule has 0 aliphatic rings. The molecule has 1 unspecified atom stereocenters. The predicted molar refractivity (Wildman–Crippen MR) is 76.5 cm³/mol. The maximum Gasteiger partial charge on any atom is 0.0688 e. The number of fused-ring (bicyclic) bond motifs is 1. The van der Waals surface area contributed by atoms with Gasteiger partial charge in [-0.05, 0) is 37.1 Å². The van der Waals surface area contributed by atoms with Crippen LogP contribution in [0, 0.1) is 0 Å². The third-order valence-electron chi connectivity index (χ3n) is 3.66. The van der Waals surface area contributed by atoms with Gasteiger partial charge in [0.05, 0.1) is 6.10 Å². The first-order chi connectivity index (χ1) is 8.50. The normalized spacial score (nSPS) is 13.8. The molecule has 2 nitrogen and oxygen atoms in total. The Balaban J connectivity index is 2.22. The summed E-state index contributed by atoms with van der Waals surface area (Å²) in [5, 5.41) is 15.7. The van der Waals surface area contributed by atoms with E-state index >= 15 is 0 Å². The molecule has 2 rings (SSSR count). The van der Waals surface area contributed by atoms with Crippen molar-refractivity contribution in [1.29, 1.82) is 0 Å². The molecule has 0 saturated heterocycles. The van der Waals surface area contributed by atoms with E-state index in [9.17, 15) is 5.11 Å². The molecule has 0 fully saturated rings. The molecule has 96 valence electrons. The van der Waals surface area contributed by atoms with Crippen LogP contribution in [0.4, 0.5) is 0 Å². The maximum absolute atomic E-state index is 9.71. The lowest BCUT2D eigenvalue weighted by molar-refractivity contribution is 0.0957. The zero-order chi connectivity index (χ0) is 13.2. The van der Waals surface area contributed by atoms with E-state index in [1.54, 1.807) is 0 Å². The van der Waals surface area contributed by atoms with Crippen LogP contribution < -0.4 is 5.32 Å². The lowest BCUT2D eigenvalue weighted by atomic mass is 9.97. The number of hydrogen-bond donors (Lipinski definition) is 2. The Morgan fingerprint density at radius 1 is 1.11 bits per heavy atom. The van der Waals surface area contributed by atoms with Gasteiger partial charge in [0.2, 0.25) is 0 Å². The van der Waals surface area contributed by atoms with E-state index in [1.165, 1.54) is 16.3 Å². The van der Waals surface area contributed by atoms with Gasteiger partial charge in [-0.15, -0.1) is 0 Å². The van der Waals surface area contributed by atoms with E-state index < -0.39 is 0 Å². The van der Waals surface area contributed by atoms with Gasteiger partial charge in [0, 0.05) is 12.1 Å². The monoisotopic (exact) mass is 243 g/mol. The maximum atomic E-state index is 9.71. The highest BCUT2D eigenvalue weighted by Gasteiger charge is 2.22. The highest BCUT2D eigenvalue weighted by molar-refractivity contribution is 5.85. The molecule has 0 aromatic heterocycles. The van der Waals surface area contributed by atoms with Crippen LogP contribution in [0.3, 0.4) is 0 Å². The molecule has 0 aliphatic carbocycles. The molecule has 2 heteroatoms. The van der Waals surface area contributed by atoms with Crippen LogP contribution in [-0.4, -0.2) is 16.7 Å². The van der Waals surface area contributed by atoms with Crippen molar-refractivity contribution in [2.45, 2.75) is 39.0 Å². The second-order valence-corrected chi connectivity index (χ2v) is 5.39. The van der Waals surface area contributed by atoms with Gasteiger partial charge in [0.15, 0.2) is 0 Å². The molecule has 2 N–H and O–H groups in total. The smallest absolute Gasteiger partial charge is 0.0688 e. The minimum absolute atomic E-state index is 0.281. The molecule has 0 amide bonds. The van der Waals surface area contributed by atoms with Gasteiger partial charge in [0.25, 0.3) is 0 Å². The minimum atomic E-state index is -0.382. The zero-order valence-corrected chi connectivity index (χ0v) is 11.3. The molecular formula is C16H21NO. The van der Waals surface area contributed by atoms with E-state index in [0.717, 1.165) is 6.54 Å². The lowest BCUT2D eigenvalue weighted by Crippen LogP contribution is -2.47. The number of rotatable bonds is 4. The summed E-state index contributed by atoms with van der Waals surface area (Å²) in [5.74, 6) is 0. The SMILES string of the molecule is CC(O)C(C)(C)NCc1cccc2ccccc12. The topological polar surface area (TPSA) is 32.3 Å². The van der Waals surface area contributed by atoms with Crippen LogP contribution in [0.25, 0.3) is 10.8 Å². The average Bonchev–Trinajstić information content (AvgIpc) is 2.36. The molecule has 18 heavy (non-hydrogen) atoms. The predicted octanol–water partition coefficient (Wildman–Crippen LogP) is 3.09. The van der Waals surface area contributed by atoms with Gasteiger partial charge in [-0.1, -0.05) is 42.5 Å². The van der Waals surface area contributed by atoms with Crippen molar-refractivity contribution in [1.82, 2.24) is 5.32 Å². The number of benzene rings is 2. The van der Waals surface area contributed by atoms with Gasteiger partial charge < -0.3 is 10.4 Å². The summed E-state index contributed by atoms with van der Waals surface area (Å²) in [6.07, 6.45) is -0.382. The fourth-order valence-electron chi connectivity index (χ4n) is 1.92. The largest absolute Gasteiger partial charge is 0.392 e. The third-order valence-corrected chi connectivity index (χ3v) is 3.66. The molecule has 2 aromatic carbocycles. The number of nitrogens with one attached hydrogen (secondary N) is 1. The fourth-order valence-corrected chi connectivity index (χ4v) is 1.92. The first-order valence-corrected chi connectivity index (χ1v) is 6.40. The Morgan fingerprint density at radius 2 is 1.78 bits per heavy atom. The highest BCUT2D eigenvalue weighted by Crippen LogP contribution is 2.19. The first kappa shape index (κ1) is 13.1. The summed E-state index contributed by atoms with van der Waals surface area (Å²) in [6.45, 7) is 6.61. The second-order valence-electron chi connectivity index (χ2n) is 5.39. The summed E-state index contributed by atoms with van der Waals surface area (Å²) in [6, 6.07) is 14.7. The average molecular weight is 243 g/mol. The Morgan fingerprint density at radius 3 is 2.50 bits per heavy atom. The van der Waals surface area contributed by atoms with Crippen molar-refractivity contribution < 1.29 is 5.11 Å². The fraction of sp³-hybridized carbons (Fsp3) is 0.375. The number of hydrogen-bond acceptors (Lipinski definition) is 2. The second kappa shape index (κ2) is 5.09. The van der Waals surface area contributed by atoms with Crippen molar-refractivity contribution in [2.24, 2.45) is 0 Å². The number of aliphatic hydroxyl groups is 1. The van der Waals surface area contributed by atoms with Gasteiger partial charge in [-0.2, -0.15) is 0 Å². The van der Waals surface area contributed by atoms with Gasteiger partial charge >= 0.3 is 0 Å². The summed E-state index contributed by atoms with van der Waals surface area (Å²) in [4.78, 5) is 0. The quantitative estimate of drug-likeness (QED) is 0.865. The van der Waals surface area contributed by atoms with E-state index in [1.807, 2.05) is 20.8 Å². The van der Waals surface area contributed by atoms with Crippen molar-refractivity contribution in [3.8, 4) is 0 Å². The summed E-state index contributed by atoms with van der Waals surface area (Å²) >= 11 is 0. The van der Waals surface area contributed by atoms with E-state index in [4.69, 9.17) is 0 Å². The molecule has 0 aliphatic heterocycles. The van der Waals surface area contributed by atoms with Crippen LogP contribution in [-0.2, 0) is 6.54 Å². The Hall–Kier alpha value is -1.38. The zero-order valence-electron chi connectivity index (χ0n) is 11.3. The molecule has 2 aromatic rings. The minimum Gasteiger partial charge on any atom is -0.392 e. The Bertz CT molecular complexity index is 526. The van der Waals surface area contributed by atoms with E-state index in [2.05, 4.69) is 47.8 Å². The van der Waals surface area contributed by atoms with Crippen molar-refractivity contribution in [2.75, 3.05) is 0 Å². The van der Waals surface area contributed by atoms with Crippen molar-refractivity contribution in [3.63, 3.8) is 0 Å². The molecule has 0 bridgehead atoms. The third kappa shape index (κ3) is 2.71. The Kier molecular flexibility index (Phi) is 3.69. The van der Waals surface area contributed by atoms with Crippen LogP contribution in [0.15, 0.2) is 42.5 Å². The van der Waals surface area contributed by atoms with Gasteiger partial charge in [0.1, 0.15) is 0 Å². The molecule has 0 heterocycles. The Labute approximate surface area is 109 Å². The number of aliphatic hydroxyl groups excluding tert-OH is 1. The van der Waals surface area contributed by atoms with Crippen LogP contribution in [0.1, 0.15) is 26.3 Å². The van der Waals surface area contributed by atoms with Gasteiger partial charge in [-0.25, -0.2) is 0 Å². The molecule has 0 radical (unpaired) electrons. The summed E-state index contributed by atoms with van der Waals surface area (Å²) in [5.41, 5.74) is 0.985. The van der Waals surface area contributed by atoms with Crippen molar-refractivity contribution in [3.05, 3.63) is 48.0 Å². The van der Waals surface area contributed by atoms with E-state index in [-0.39, 0.29) is 11.6 Å². The van der Waals surface area contributed by atoms with E-state index in [0.29, 0.717) is 0 Å². The summed E-state index contributed by atoms with van der Waals surface area (Å²) in [7, 11) is 0. The molecule has 0 saturated carbocycles. The van der Waals surface area contributed by atoms with Crippen molar-refractivity contribution >= 4 is 10.8 Å². The van der Waals surface area contributed by atoms with Crippen LogP contribution in [0.2, 0.25) is 0 Å².